The molecule has 0 spiro atoms. The quantitative estimate of drug-likeness (QED) is 0.492. The van der Waals surface area contributed by atoms with Gasteiger partial charge >= 0.3 is 5.97 Å². The average molecular weight is 342 g/mol. The number of para-hydroxylation sites is 1. The number of carbonyl (C=O) groups is 4. The van der Waals surface area contributed by atoms with Gasteiger partial charge in [-0.3, -0.25) is 24.1 Å². The molecule has 0 saturated carbocycles. The van der Waals surface area contributed by atoms with Gasteiger partial charge in [0.05, 0.1) is 11.8 Å². The fourth-order valence-corrected chi connectivity index (χ4v) is 3.06. The van der Waals surface area contributed by atoms with Gasteiger partial charge in [-0.05, 0) is 25.0 Å². The highest BCUT2D eigenvalue weighted by molar-refractivity contribution is 6.07. The van der Waals surface area contributed by atoms with Gasteiger partial charge in [0.1, 0.15) is 6.54 Å². The molecule has 1 fully saturated rings. The van der Waals surface area contributed by atoms with Crippen LogP contribution >= 0.6 is 0 Å². The summed E-state index contributed by atoms with van der Waals surface area (Å²) in [6.45, 7) is -0.929. The third-order valence-corrected chi connectivity index (χ3v) is 4.31. The summed E-state index contributed by atoms with van der Waals surface area (Å²) < 4.78 is 4.88. The Morgan fingerprint density at radius 1 is 1.04 bits per heavy atom. The molecule has 0 aromatic heterocycles. The highest BCUT2D eigenvalue weighted by Crippen LogP contribution is 2.34. The van der Waals surface area contributed by atoms with Gasteiger partial charge in [-0.1, -0.05) is 30.4 Å². The molecule has 7 nitrogen and oxygen atoms in total. The van der Waals surface area contributed by atoms with Crippen molar-refractivity contribution in [3.05, 3.63) is 42.5 Å². The number of ether oxygens (including phenoxy) is 1. The van der Waals surface area contributed by atoms with E-state index in [0.717, 1.165) is 4.90 Å². The Kier molecular flexibility index (Phi) is 4.92. The lowest BCUT2D eigenvalue weighted by Crippen LogP contribution is -2.37. The van der Waals surface area contributed by atoms with Crippen molar-refractivity contribution in [2.24, 2.45) is 11.8 Å². The summed E-state index contributed by atoms with van der Waals surface area (Å²) >= 11 is 0. The molecule has 1 N–H and O–H groups in total. The average Bonchev–Trinajstić information content (AvgIpc) is 2.86. The van der Waals surface area contributed by atoms with Crippen molar-refractivity contribution in [2.45, 2.75) is 12.8 Å². The molecule has 7 heteroatoms. The number of anilines is 1. The molecule has 0 radical (unpaired) electrons. The molecule has 1 aliphatic carbocycles. The van der Waals surface area contributed by atoms with E-state index in [1.807, 2.05) is 18.2 Å². The van der Waals surface area contributed by atoms with Gasteiger partial charge in [0.15, 0.2) is 6.61 Å². The summed E-state index contributed by atoms with van der Waals surface area (Å²) in [6.07, 6.45) is 4.78. The van der Waals surface area contributed by atoms with Crippen LogP contribution < -0.4 is 5.32 Å². The Hall–Kier alpha value is -2.96. The summed E-state index contributed by atoms with van der Waals surface area (Å²) in [5.41, 5.74) is 0.588. The van der Waals surface area contributed by atoms with Crippen molar-refractivity contribution >= 4 is 29.4 Å². The second-order valence-corrected chi connectivity index (χ2v) is 5.99. The molecule has 1 saturated heterocycles. The van der Waals surface area contributed by atoms with E-state index in [0.29, 0.717) is 18.5 Å². The first-order valence-electron chi connectivity index (χ1n) is 8.07. The van der Waals surface area contributed by atoms with E-state index in [-0.39, 0.29) is 23.7 Å². The number of amides is 3. The van der Waals surface area contributed by atoms with Crippen LogP contribution in [0.15, 0.2) is 42.5 Å². The van der Waals surface area contributed by atoms with E-state index in [1.54, 1.807) is 24.3 Å². The zero-order valence-electron chi connectivity index (χ0n) is 13.5. The van der Waals surface area contributed by atoms with Crippen molar-refractivity contribution in [2.75, 3.05) is 18.5 Å². The number of esters is 1. The lowest BCUT2D eigenvalue weighted by Gasteiger charge is -2.14. The summed E-state index contributed by atoms with van der Waals surface area (Å²) in [4.78, 5) is 49.1. The molecule has 2 aliphatic rings. The van der Waals surface area contributed by atoms with Crippen molar-refractivity contribution in [3.8, 4) is 0 Å². The third-order valence-electron chi connectivity index (χ3n) is 4.31. The zero-order chi connectivity index (χ0) is 17.8. The van der Waals surface area contributed by atoms with Gasteiger partial charge in [0.2, 0.25) is 11.8 Å². The number of benzene rings is 1. The van der Waals surface area contributed by atoms with Crippen LogP contribution in [0.4, 0.5) is 5.69 Å². The Morgan fingerprint density at radius 2 is 1.64 bits per heavy atom. The largest absolute Gasteiger partial charge is 0.454 e. The van der Waals surface area contributed by atoms with Crippen LogP contribution in [0.3, 0.4) is 0 Å². The molecular weight excluding hydrogens is 324 g/mol. The number of fused-ring (bicyclic) bond motifs is 1. The highest BCUT2D eigenvalue weighted by Gasteiger charge is 2.47. The summed E-state index contributed by atoms with van der Waals surface area (Å²) in [6, 6.07) is 8.75. The molecule has 1 aromatic rings. The minimum Gasteiger partial charge on any atom is -0.454 e. The number of nitrogens with one attached hydrogen (secondary N) is 1. The number of allylic oxidation sites excluding steroid dienone is 2. The van der Waals surface area contributed by atoms with Crippen LogP contribution in [0.25, 0.3) is 0 Å². The third kappa shape index (κ3) is 3.76. The predicted molar refractivity (Wildman–Crippen MR) is 88.1 cm³/mol. The fourth-order valence-electron chi connectivity index (χ4n) is 3.06. The maximum absolute atomic E-state index is 12.2. The van der Waals surface area contributed by atoms with Crippen molar-refractivity contribution in [1.29, 1.82) is 0 Å². The molecule has 130 valence electrons. The van der Waals surface area contributed by atoms with Gasteiger partial charge in [0.25, 0.3) is 5.91 Å². The highest BCUT2D eigenvalue weighted by atomic mass is 16.5. The Balaban J connectivity index is 1.49. The molecule has 2 atom stereocenters. The minimum atomic E-state index is -0.781. The molecule has 1 heterocycles. The van der Waals surface area contributed by atoms with E-state index in [1.165, 1.54) is 0 Å². The first kappa shape index (κ1) is 16.9. The maximum atomic E-state index is 12.2. The van der Waals surface area contributed by atoms with Gasteiger partial charge in [0, 0.05) is 5.69 Å². The molecule has 3 rings (SSSR count). The van der Waals surface area contributed by atoms with Crippen LogP contribution in [0.2, 0.25) is 0 Å². The number of hydrogen-bond acceptors (Lipinski definition) is 5. The van der Waals surface area contributed by atoms with Crippen LogP contribution in [0.1, 0.15) is 12.8 Å². The minimum absolute atomic E-state index is 0.343. The van der Waals surface area contributed by atoms with Crippen LogP contribution in [-0.2, 0) is 23.9 Å². The van der Waals surface area contributed by atoms with Crippen LogP contribution in [0.5, 0.6) is 0 Å². The van der Waals surface area contributed by atoms with E-state index >= 15 is 0 Å². The molecule has 1 aliphatic heterocycles. The fraction of sp³-hybridized carbons (Fsp3) is 0.333. The smallest absolute Gasteiger partial charge is 0.326 e. The normalized spacial score (nSPS) is 21.8. The summed E-state index contributed by atoms with van der Waals surface area (Å²) in [5.74, 6) is -2.72. The van der Waals surface area contributed by atoms with Crippen molar-refractivity contribution in [1.82, 2.24) is 4.90 Å². The standard InChI is InChI=1S/C18H18N2O5/c21-15(19-12-6-2-1-3-7-12)11-25-16(22)10-20-17(23)13-8-4-5-9-14(13)18(20)24/h1-7,13-14H,8-11H2,(H,19,21)/t13-,14-/m0/s1. The van der Waals surface area contributed by atoms with E-state index < -0.39 is 25.0 Å². The van der Waals surface area contributed by atoms with Crippen molar-refractivity contribution in [3.63, 3.8) is 0 Å². The molecule has 25 heavy (non-hydrogen) atoms. The number of rotatable bonds is 5. The Morgan fingerprint density at radius 3 is 2.24 bits per heavy atom. The predicted octanol–water partition coefficient (Wildman–Crippen LogP) is 1.12. The topological polar surface area (TPSA) is 92.8 Å². The van der Waals surface area contributed by atoms with Gasteiger partial charge < -0.3 is 10.1 Å². The molecular formula is C18H18N2O5. The summed E-state index contributed by atoms with van der Waals surface area (Å²) in [7, 11) is 0. The molecule has 0 unspecified atom stereocenters. The molecule has 3 amide bonds. The lowest BCUT2D eigenvalue weighted by atomic mass is 9.85. The van der Waals surface area contributed by atoms with Gasteiger partial charge in [-0.25, -0.2) is 0 Å². The maximum Gasteiger partial charge on any atom is 0.326 e. The first-order chi connectivity index (χ1) is 12.1. The Labute approximate surface area is 144 Å². The van der Waals surface area contributed by atoms with Crippen LogP contribution in [0, 0.1) is 11.8 Å². The Bertz CT molecular complexity index is 702. The lowest BCUT2D eigenvalue weighted by molar-refractivity contribution is -0.154. The van der Waals surface area contributed by atoms with E-state index in [9.17, 15) is 19.2 Å². The number of imide groups is 1. The van der Waals surface area contributed by atoms with E-state index in [4.69, 9.17) is 4.74 Å². The second kappa shape index (κ2) is 7.29. The number of carbonyl (C=O) groups excluding carboxylic acids is 4. The zero-order valence-corrected chi connectivity index (χ0v) is 13.5. The van der Waals surface area contributed by atoms with E-state index in [2.05, 4.69) is 5.32 Å². The van der Waals surface area contributed by atoms with Crippen LogP contribution in [-0.4, -0.2) is 41.7 Å². The van der Waals surface area contributed by atoms with Gasteiger partial charge in [-0.2, -0.15) is 0 Å². The SMILES string of the molecule is O=C(COC(=O)CN1C(=O)[C@H]2CC=CC[C@@H]2C1=O)Nc1ccccc1. The van der Waals surface area contributed by atoms with Gasteiger partial charge in [-0.15, -0.1) is 0 Å². The first-order valence-corrected chi connectivity index (χ1v) is 8.07. The second-order valence-electron chi connectivity index (χ2n) is 5.99. The molecule has 0 bridgehead atoms. The van der Waals surface area contributed by atoms with Crippen molar-refractivity contribution < 1.29 is 23.9 Å². The molecule has 1 aromatic carbocycles. The monoisotopic (exact) mass is 342 g/mol. The summed E-state index contributed by atoms with van der Waals surface area (Å²) in [5, 5.41) is 2.58. The number of hydrogen-bond donors (Lipinski definition) is 1. The number of nitrogens with zero attached hydrogens (tertiary/aromatic N) is 1. The number of likely N-dealkylation sites (tertiary alicyclic amines) is 1.